The van der Waals surface area contributed by atoms with E-state index in [1.807, 2.05) is 0 Å². The van der Waals surface area contributed by atoms with E-state index in [1.54, 1.807) is 0 Å². The number of carboxylic acid groups (broad SMARTS) is 1. The van der Waals surface area contributed by atoms with Crippen molar-refractivity contribution in [1.82, 2.24) is 0 Å². The van der Waals surface area contributed by atoms with Crippen molar-refractivity contribution in [1.29, 1.82) is 0 Å². The first-order valence-electron chi connectivity index (χ1n) is 11.8. The zero-order valence-corrected chi connectivity index (χ0v) is 17.9. The maximum Gasteiger partial charge on any atom is 0.303 e. The van der Waals surface area contributed by atoms with Crippen LogP contribution in [0.1, 0.15) is 85.0 Å². The van der Waals surface area contributed by atoms with Gasteiger partial charge in [-0.2, -0.15) is 0 Å². The second kappa shape index (κ2) is 7.27. The normalized spacial score (nSPS) is 51.7. The Morgan fingerprint density at radius 2 is 1.57 bits per heavy atom. The summed E-state index contributed by atoms with van der Waals surface area (Å²) in [5.74, 6) is 2.92. The molecule has 4 aliphatic rings. The van der Waals surface area contributed by atoms with Crippen LogP contribution in [0.25, 0.3) is 0 Å². The number of fused-ring (bicyclic) bond motifs is 5. The van der Waals surface area contributed by atoms with E-state index >= 15 is 0 Å². The first-order valence-corrected chi connectivity index (χ1v) is 11.8. The van der Waals surface area contributed by atoms with Gasteiger partial charge in [0.1, 0.15) is 0 Å². The Morgan fingerprint density at radius 1 is 0.929 bits per heavy atom. The molecule has 0 saturated heterocycles. The SMILES string of the molecule is C[C@H](CCC(=O)O)[C@H]1CC[C@H]2[C@@H]3CC[C@@H]4[C@@H](O)[C@@H](O)CC[C@]4(C)[C@H]3CC[C@]12C. The zero-order valence-electron chi connectivity index (χ0n) is 17.9. The number of aliphatic hydroxyl groups excluding tert-OH is 2. The molecule has 4 aliphatic carbocycles. The van der Waals surface area contributed by atoms with Gasteiger partial charge in [0.25, 0.3) is 0 Å². The molecule has 0 amide bonds. The third-order valence-corrected chi connectivity index (χ3v) is 10.3. The van der Waals surface area contributed by atoms with Gasteiger partial charge in [-0.3, -0.25) is 4.79 Å². The van der Waals surface area contributed by atoms with Crippen molar-refractivity contribution < 1.29 is 20.1 Å². The molecule has 0 unspecified atom stereocenters. The van der Waals surface area contributed by atoms with Crippen molar-refractivity contribution >= 4 is 5.97 Å². The number of hydrogen-bond acceptors (Lipinski definition) is 3. The van der Waals surface area contributed by atoms with Crippen LogP contribution in [0, 0.1) is 46.3 Å². The Morgan fingerprint density at radius 3 is 2.29 bits per heavy atom. The van der Waals surface area contributed by atoms with Gasteiger partial charge in [-0.25, -0.2) is 0 Å². The molecule has 0 aromatic rings. The molecule has 0 spiro atoms. The average molecular weight is 393 g/mol. The summed E-state index contributed by atoms with van der Waals surface area (Å²) in [7, 11) is 0. The van der Waals surface area contributed by atoms with E-state index in [0.717, 1.165) is 37.5 Å². The number of aliphatic hydroxyl groups is 2. The summed E-state index contributed by atoms with van der Waals surface area (Å²) in [5.41, 5.74) is 0.533. The summed E-state index contributed by atoms with van der Waals surface area (Å²) in [4.78, 5) is 11.0. The van der Waals surface area contributed by atoms with Crippen molar-refractivity contribution in [3.63, 3.8) is 0 Å². The molecule has 0 aliphatic heterocycles. The maximum atomic E-state index is 11.0. The fourth-order valence-corrected chi connectivity index (χ4v) is 8.84. The van der Waals surface area contributed by atoms with Gasteiger partial charge in [-0.1, -0.05) is 20.8 Å². The Labute approximate surface area is 170 Å². The molecule has 4 nitrogen and oxygen atoms in total. The Balaban J connectivity index is 1.53. The van der Waals surface area contributed by atoms with Crippen LogP contribution >= 0.6 is 0 Å². The quantitative estimate of drug-likeness (QED) is 0.659. The highest BCUT2D eigenvalue weighted by atomic mass is 16.4. The second-order valence-electron chi connectivity index (χ2n) is 11.3. The lowest BCUT2D eigenvalue weighted by atomic mass is 9.44. The van der Waals surface area contributed by atoms with Gasteiger partial charge in [0.2, 0.25) is 0 Å². The Bertz CT molecular complexity index is 605. The molecular weight excluding hydrogens is 352 g/mol. The van der Waals surface area contributed by atoms with Crippen LogP contribution in [0.2, 0.25) is 0 Å². The minimum absolute atomic E-state index is 0.176. The second-order valence-corrected chi connectivity index (χ2v) is 11.3. The minimum Gasteiger partial charge on any atom is -0.481 e. The van der Waals surface area contributed by atoms with Gasteiger partial charge in [0.05, 0.1) is 12.2 Å². The van der Waals surface area contributed by atoms with Crippen molar-refractivity contribution in [2.24, 2.45) is 46.3 Å². The maximum absolute atomic E-state index is 11.0. The van der Waals surface area contributed by atoms with Crippen LogP contribution in [0.5, 0.6) is 0 Å². The molecule has 160 valence electrons. The van der Waals surface area contributed by atoms with E-state index in [-0.39, 0.29) is 11.3 Å². The van der Waals surface area contributed by atoms with Crippen molar-refractivity contribution in [2.45, 2.75) is 97.2 Å². The number of hydrogen-bond donors (Lipinski definition) is 3. The predicted molar refractivity (Wildman–Crippen MR) is 109 cm³/mol. The molecule has 4 saturated carbocycles. The van der Waals surface area contributed by atoms with Crippen molar-refractivity contribution in [3.8, 4) is 0 Å². The number of carboxylic acids is 1. The molecular formula is C24H40O4. The standard InChI is InChI=1S/C24H40O4/c1-14(4-9-21(26)27)16-7-8-17-15-5-6-19-22(28)20(25)11-13-24(19,3)18(15)10-12-23(16,17)2/h14-20,22,25,28H,4-13H2,1-3H3,(H,26,27)/t14-,15+,16-,17+,18+,19-,20+,22-,23-,24-/m1/s1. The van der Waals surface area contributed by atoms with Crippen LogP contribution in [-0.2, 0) is 4.79 Å². The topological polar surface area (TPSA) is 77.8 Å². The number of aliphatic carboxylic acids is 1. The van der Waals surface area contributed by atoms with E-state index in [2.05, 4.69) is 20.8 Å². The molecule has 0 heterocycles. The van der Waals surface area contributed by atoms with Gasteiger partial charge in [-0.05, 0) is 104 Å². The van der Waals surface area contributed by atoms with Crippen LogP contribution in [0.4, 0.5) is 0 Å². The first-order chi connectivity index (χ1) is 13.2. The zero-order chi connectivity index (χ0) is 20.3. The summed E-state index contributed by atoms with van der Waals surface area (Å²) >= 11 is 0. The summed E-state index contributed by atoms with van der Waals surface area (Å²) in [6, 6.07) is 0. The lowest BCUT2D eigenvalue weighted by Crippen LogP contribution is -2.58. The monoisotopic (exact) mass is 392 g/mol. The fourth-order valence-electron chi connectivity index (χ4n) is 8.84. The molecule has 10 atom stereocenters. The van der Waals surface area contributed by atoms with E-state index < -0.39 is 18.2 Å². The van der Waals surface area contributed by atoms with E-state index in [0.29, 0.717) is 29.6 Å². The lowest BCUT2D eigenvalue weighted by molar-refractivity contribution is -0.174. The molecule has 4 rings (SSSR count). The summed E-state index contributed by atoms with van der Waals surface area (Å²) in [6.07, 6.45) is 9.13. The van der Waals surface area contributed by atoms with Crippen LogP contribution in [0.15, 0.2) is 0 Å². The smallest absolute Gasteiger partial charge is 0.303 e. The molecule has 4 fully saturated rings. The highest BCUT2D eigenvalue weighted by Crippen LogP contribution is 2.68. The van der Waals surface area contributed by atoms with E-state index in [1.165, 1.54) is 32.1 Å². The molecule has 28 heavy (non-hydrogen) atoms. The summed E-state index contributed by atoms with van der Waals surface area (Å²) in [6.45, 7) is 7.20. The van der Waals surface area contributed by atoms with E-state index in [9.17, 15) is 15.0 Å². The van der Waals surface area contributed by atoms with E-state index in [4.69, 9.17) is 5.11 Å². The lowest BCUT2D eigenvalue weighted by Gasteiger charge is -2.62. The molecule has 0 aromatic carbocycles. The molecule has 0 bridgehead atoms. The highest BCUT2D eigenvalue weighted by Gasteiger charge is 2.61. The predicted octanol–water partition coefficient (Wildman–Crippen LogP) is 4.48. The van der Waals surface area contributed by atoms with Crippen molar-refractivity contribution in [3.05, 3.63) is 0 Å². The molecule has 0 aromatic heterocycles. The number of carbonyl (C=O) groups is 1. The summed E-state index contributed by atoms with van der Waals surface area (Å²) < 4.78 is 0. The molecule has 0 radical (unpaired) electrons. The number of rotatable bonds is 4. The Hall–Kier alpha value is -0.610. The van der Waals surface area contributed by atoms with Crippen molar-refractivity contribution in [2.75, 3.05) is 0 Å². The third kappa shape index (κ3) is 3.05. The molecule has 4 heteroatoms. The van der Waals surface area contributed by atoms with Crippen LogP contribution in [0.3, 0.4) is 0 Å². The minimum atomic E-state index is -0.667. The fraction of sp³-hybridized carbons (Fsp3) is 0.958. The van der Waals surface area contributed by atoms with Gasteiger partial charge in [0, 0.05) is 6.42 Å². The average Bonchev–Trinajstić information content (AvgIpc) is 3.00. The van der Waals surface area contributed by atoms with Gasteiger partial charge in [0.15, 0.2) is 0 Å². The van der Waals surface area contributed by atoms with Gasteiger partial charge >= 0.3 is 5.97 Å². The van der Waals surface area contributed by atoms with Gasteiger partial charge in [-0.15, -0.1) is 0 Å². The summed E-state index contributed by atoms with van der Waals surface area (Å²) in [5, 5.41) is 30.0. The Kier molecular flexibility index (Phi) is 5.36. The molecule has 3 N–H and O–H groups in total. The largest absolute Gasteiger partial charge is 0.481 e. The first kappa shape index (κ1) is 20.7. The highest BCUT2D eigenvalue weighted by molar-refractivity contribution is 5.66. The van der Waals surface area contributed by atoms with Gasteiger partial charge < -0.3 is 15.3 Å². The third-order valence-electron chi connectivity index (χ3n) is 10.3. The van der Waals surface area contributed by atoms with Crippen LogP contribution < -0.4 is 0 Å². The van der Waals surface area contributed by atoms with Crippen LogP contribution in [-0.4, -0.2) is 33.5 Å².